The Labute approximate surface area is 166 Å². The van der Waals surface area contributed by atoms with E-state index in [1.165, 1.54) is 18.3 Å². The minimum absolute atomic E-state index is 0.304. The molecule has 0 fully saturated rings. The zero-order valence-electron chi connectivity index (χ0n) is 15.5. The number of hydrazone groups is 1. The Kier molecular flexibility index (Phi) is 6.47. The number of rotatable bonds is 8. The van der Waals surface area contributed by atoms with E-state index in [0.717, 1.165) is 17.7 Å². The third-order valence-electron chi connectivity index (χ3n) is 4.06. The van der Waals surface area contributed by atoms with Crippen LogP contribution in [0.5, 0.6) is 11.5 Å². The Hall–Kier alpha value is -3.81. The SMILES string of the molecule is N/N=C(\C=Nc1ccc(O)c(F)c1)c1ccc2cc(OCCCC=O)ccc2n1. The van der Waals surface area contributed by atoms with Crippen LogP contribution in [0, 0.1) is 5.82 Å². The van der Waals surface area contributed by atoms with Gasteiger partial charge in [-0.25, -0.2) is 9.37 Å². The molecule has 0 spiro atoms. The van der Waals surface area contributed by atoms with E-state index in [9.17, 15) is 14.3 Å². The van der Waals surface area contributed by atoms with E-state index in [1.54, 1.807) is 12.1 Å². The van der Waals surface area contributed by atoms with Crippen molar-refractivity contribution in [1.82, 2.24) is 4.98 Å². The van der Waals surface area contributed by atoms with Gasteiger partial charge < -0.3 is 20.5 Å². The maximum absolute atomic E-state index is 13.4. The summed E-state index contributed by atoms with van der Waals surface area (Å²) in [4.78, 5) is 19.0. The summed E-state index contributed by atoms with van der Waals surface area (Å²) in [7, 11) is 0. The predicted octanol–water partition coefficient (Wildman–Crippen LogP) is 3.50. The quantitative estimate of drug-likeness (QED) is 0.200. The number of nitrogens with zero attached hydrogens (tertiary/aromatic N) is 3. The summed E-state index contributed by atoms with van der Waals surface area (Å²) in [5.74, 6) is 4.95. The van der Waals surface area contributed by atoms with E-state index in [4.69, 9.17) is 10.6 Å². The number of aldehydes is 1. The Bertz CT molecular complexity index is 1080. The summed E-state index contributed by atoms with van der Waals surface area (Å²) < 4.78 is 19.0. The van der Waals surface area contributed by atoms with Crippen molar-refractivity contribution in [2.24, 2.45) is 15.9 Å². The highest BCUT2D eigenvalue weighted by atomic mass is 19.1. The number of aromatic hydroxyl groups is 1. The molecule has 8 heteroatoms. The largest absolute Gasteiger partial charge is 0.505 e. The van der Waals surface area contributed by atoms with Crippen molar-refractivity contribution in [1.29, 1.82) is 0 Å². The first-order chi connectivity index (χ1) is 14.1. The van der Waals surface area contributed by atoms with Gasteiger partial charge in [0.15, 0.2) is 11.6 Å². The van der Waals surface area contributed by atoms with Crippen molar-refractivity contribution < 1.29 is 19.0 Å². The number of fused-ring (bicyclic) bond motifs is 1. The van der Waals surface area contributed by atoms with Crippen LogP contribution in [0.1, 0.15) is 18.5 Å². The fraction of sp³-hybridized carbons (Fsp3) is 0.143. The molecule has 1 aromatic heterocycles. The summed E-state index contributed by atoms with van der Waals surface area (Å²) >= 11 is 0. The zero-order valence-corrected chi connectivity index (χ0v) is 15.5. The number of benzene rings is 2. The lowest BCUT2D eigenvalue weighted by Gasteiger charge is -2.07. The van der Waals surface area contributed by atoms with E-state index in [2.05, 4.69) is 15.1 Å². The van der Waals surface area contributed by atoms with Gasteiger partial charge in [0.25, 0.3) is 0 Å². The summed E-state index contributed by atoms with van der Waals surface area (Å²) in [6.07, 6.45) is 3.38. The van der Waals surface area contributed by atoms with E-state index in [1.807, 2.05) is 18.2 Å². The zero-order chi connectivity index (χ0) is 20.6. The number of pyridine rings is 1. The van der Waals surface area contributed by atoms with Gasteiger partial charge in [-0.1, -0.05) is 6.07 Å². The Balaban J connectivity index is 1.77. The van der Waals surface area contributed by atoms with E-state index in [-0.39, 0.29) is 0 Å². The lowest BCUT2D eigenvalue weighted by molar-refractivity contribution is -0.108. The van der Waals surface area contributed by atoms with Gasteiger partial charge in [-0.15, -0.1) is 0 Å². The van der Waals surface area contributed by atoms with E-state index < -0.39 is 11.6 Å². The number of aromatic nitrogens is 1. The molecule has 0 saturated carbocycles. The standard InChI is InChI=1S/C21H19FN4O3/c22-17-12-15(4-8-21(17)28)24-13-20(26-23)19-6-3-14-11-16(5-7-18(14)25-19)29-10-2-1-9-27/h3-9,11-13,28H,1-2,10,23H2/b24-13?,26-20+. The molecule has 0 unspecified atom stereocenters. The monoisotopic (exact) mass is 394 g/mol. The second kappa shape index (κ2) is 9.41. The number of nitrogens with two attached hydrogens (primary N) is 1. The van der Waals surface area contributed by atoms with Crippen molar-refractivity contribution in [2.45, 2.75) is 12.8 Å². The van der Waals surface area contributed by atoms with Gasteiger partial charge >= 0.3 is 0 Å². The van der Waals surface area contributed by atoms with Crippen LogP contribution in [-0.2, 0) is 4.79 Å². The van der Waals surface area contributed by atoms with Crippen molar-refractivity contribution >= 4 is 34.8 Å². The third kappa shape index (κ3) is 5.13. The van der Waals surface area contributed by atoms with E-state index >= 15 is 0 Å². The number of aliphatic imine (C=N–C) groups is 1. The minimum atomic E-state index is -0.765. The molecule has 0 radical (unpaired) electrons. The Morgan fingerprint density at radius 1 is 1.21 bits per heavy atom. The summed E-state index contributed by atoms with van der Waals surface area (Å²) in [5.41, 5.74) is 1.84. The molecule has 7 nitrogen and oxygen atoms in total. The second-order valence-corrected chi connectivity index (χ2v) is 6.12. The lowest BCUT2D eigenvalue weighted by atomic mass is 10.1. The number of hydrogen-bond acceptors (Lipinski definition) is 7. The van der Waals surface area contributed by atoms with Crippen molar-refractivity contribution in [2.75, 3.05) is 6.61 Å². The van der Waals surface area contributed by atoms with Crippen LogP contribution in [0.15, 0.2) is 58.6 Å². The highest BCUT2D eigenvalue weighted by Gasteiger charge is 2.07. The summed E-state index contributed by atoms with van der Waals surface area (Å²) in [5, 5.41) is 13.8. The topological polar surface area (TPSA) is 110 Å². The highest BCUT2D eigenvalue weighted by molar-refractivity contribution is 6.38. The molecule has 3 rings (SSSR count). The number of phenols is 1. The fourth-order valence-corrected chi connectivity index (χ4v) is 2.57. The number of unbranched alkanes of at least 4 members (excludes halogenated alkanes) is 1. The smallest absolute Gasteiger partial charge is 0.166 e. The van der Waals surface area contributed by atoms with Crippen LogP contribution < -0.4 is 10.6 Å². The van der Waals surface area contributed by atoms with Gasteiger partial charge in [0.2, 0.25) is 0 Å². The molecule has 148 valence electrons. The second-order valence-electron chi connectivity index (χ2n) is 6.12. The number of carbonyl (C=O) groups excluding carboxylic acids is 1. The summed E-state index contributed by atoms with van der Waals surface area (Å²) in [6.45, 7) is 0.466. The van der Waals surface area contributed by atoms with Crippen molar-refractivity contribution in [3.8, 4) is 11.5 Å². The van der Waals surface area contributed by atoms with Gasteiger partial charge in [0.05, 0.1) is 29.7 Å². The molecule has 3 N–H and O–H groups in total. The molecule has 0 aliphatic carbocycles. The normalized spacial score (nSPS) is 11.8. The first kappa shape index (κ1) is 19.9. The number of halogens is 1. The van der Waals surface area contributed by atoms with Crippen LogP contribution in [0.2, 0.25) is 0 Å². The van der Waals surface area contributed by atoms with Gasteiger partial charge in [-0.3, -0.25) is 4.99 Å². The maximum Gasteiger partial charge on any atom is 0.166 e. The molecule has 0 amide bonds. The van der Waals surface area contributed by atoms with Crippen molar-refractivity contribution in [3.63, 3.8) is 0 Å². The fourth-order valence-electron chi connectivity index (χ4n) is 2.57. The molecular weight excluding hydrogens is 375 g/mol. The van der Waals surface area contributed by atoms with Crippen LogP contribution in [0.25, 0.3) is 10.9 Å². The van der Waals surface area contributed by atoms with Crippen LogP contribution in [0.3, 0.4) is 0 Å². The van der Waals surface area contributed by atoms with Gasteiger partial charge in [0.1, 0.15) is 17.7 Å². The maximum atomic E-state index is 13.4. The number of carbonyl (C=O) groups is 1. The van der Waals surface area contributed by atoms with E-state index in [0.29, 0.717) is 47.8 Å². The van der Waals surface area contributed by atoms with Crippen LogP contribution >= 0.6 is 0 Å². The molecule has 1 heterocycles. The van der Waals surface area contributed by atoms with Gasteiger partial charge in [-0.2, -0.15) is 5.10 Å². The average Bonchev–Trinajstić information content (AvgIpc) is 2.74. The first-order valence-corrected chi connectivity index (χ1v) is 8.89. The molecule has 0 aliphatic heterocycles. The Morgan fingerprint density at radius 2 is 2.07 bits per heavy atom. The summed E-state index contributed by atoms with van der Waals surface area (Å²) in [6, 6.07) is 12.9. The molecule has 0 bridgehead atoms. The first-order valence-electron chi connectivity index (χ1n) is 8.89. The van der Waals surface area contributed by atoms with Crippen molar-refractivity contribution in [3.05, 3.63) is 60.0 Å². The molecule has 0 atom stereocenters. The molecule has 3 aromatic rings. The minimum Gasteiger partial charge on any atom is -0.505 e. The molecular formula is C21H19FN4O3. The molecule has 0 saturated heterocycles. The number of phenolic OH excluding ortho intramolecular Hbond substituents is 1. The third-order valence-corrected chi connectivity index (χ3v) is 4.06. The predicted molar refractivity (Wildman–Crippen MR) is 109 cm³/mol. The average molecular weight is 394 g/mol. The number of ether oxygens (including phenoxy) is 1. The highest BCUT2D eigenvalue weighted by Crippen LogP contribution is 2.22. The van der Waals surface area contributed by atoms with Gasteiger partial charge in [0, 0.05) is 17.9 Å². The molecule has 0 aliphatic rings. The number of hydrogen-bond donors (Lipinski definition) is 2. The van der Waals surface area contributed by atoms with Gasteiger partial charge in [-0.05, 0) is 42.8 Å². The molecule has 29 heavy (non-hydrogen) atoms. The lowest BCUT2D eigenvalue weighted by Crippen LogP contribution is -2.08. The molecule has 2 aromatic carbocycles. The Morgan fingerprint density at radius 3 is 2.83 bits per heavy atom. The van der Waals surface area contributed by atoms with Crippen LogP contribution in [0.4, 0.5) is 10.1 Å². The van der Waals surface area contributed by atoms with Crippen LogP contribution in [-0.4, -0.2) is 34.9 Å².